The number of hydrogen-bond donors (Lipinski definition) is 1. The molecule has 0 aliphatic carbocycles. The largest absolute Gasteiger partial charge is 0.457 e. The number of benzene rings is 3. The maximum absolute atomic E-state index is 13.9. The summed E-state index contributed by atoms with van der Waals surface area (Å²) in [5, 5.41) is -0.440. The third kappa shape index (κ3) is 5.27. The summed E-state index contributed by atoms with van der Waals surface area (Å²) in [7, 11) is -2.84. The van der Waals surface area contributed by atoms with E-state index >= 15 is 0 Å². The SMILES string of the molecule is Cc1c(NS(=O)(=O)c2cc(C(=O)OCc3ccccc3F)c(Cl)cc2Cl)c(=O)n(-c2ccccc2)n1C. The van der Waals surface area contributed by atoms with Gasteiger partial charge in [-0.25, -0.2) is 22.3 Å². The minimum Gasteiger partial charge on any atom is -0.457 e. The van der Waals surface area contributed by atoms with Gasteiger partial charge >= 0.3 is 5.97 Å². The molecule has 1 heterocycles. The van der Waals surface area contributed by atoms with E-state index in [1.165, 1.54) is 27.6 Å². The second-order valence-electron chi connectivity index (χ2n) is 7.97. The Morgan fingerprint density at radius 1 is 1.03 bits per heavy atom. The van der Waals surface area contributed by atoms with Gasteiger partial charge < -0.3 is 4.74 Å². The van der Waals surface area contributed by atoms with Crippen LogP contribution in [-0.4, -0.2) is 23.8 Å². The average Bonchev–Trinajstić information content (AvgIpc) is 3.06. The molecule has 0 fully saturated rings. The fourth-order valence-corrected chi connectivity index (χ4v) is 5.57. The number of halogens is 3. The Hall–Kier alpha value is -3.60. The van der Waals surface area contributed by atoms with E-state index in [-0.39, 0.29) is 26.9 Å². The number of ether oxygens (including phenoxy) is 1. The first-order chi connectivity index (χ1) is 17.5. The number of carbonyl (C=O) groups excluding carboxylic acids is 1. The fourth-order valence-electron chi connectivity index (χ4n) is 3.60. The molecule has 0 radical (unpaired) electrons. The van der Waals surface area contributed by atoms with E-state index in [4.69, 9.17) is 27.9 Å². The number of rotatable bonds is 7. The van der Waals surface area contributed by atoms with Crippen molar-refractivity contribution in [2.45, 2.75) is 18.4 Å². The van der Waals surface area contributed by atoms with Crippen LogP contribution in [0.4, 0.5) is 10.1 Å². The summed E-state index contributed by atoms with van der Waals surface area (Å²) in [6, 6.07) is 16.4. The van der Waals surface area contributed by atoms with Gasteiger partial charge in [0.2, 0.25) is 0 Å². The third-order valence-electron chi connectivity index (χ3n) is 5.64. The molecular formula is C25H20Cl2FN3O5S. The second kappa shape index (κ2) is 10.4. The molecule has 0 aliphatic rings. The number of esters is 1. The molecule has 12 heteroatoms. The highest BCUT2D eigenvalue weighted by Crippen LogP contribution is 2.31. The van der Waals surface area contributed by atoms with Crippen LogP contribution in [0.3, 0.4) is 0 Å². The van der Waals surface area contributed by atoms with Crippen LogP contribution in [0.2, 0.25) is 10.0 Å². The Morgan fingerprint density at radius 2 is 1.68 bits per heavy atom. The lowest BCUT2D eigenvalue weighted by Gasteiger charge is -2.12. The predicted molar refractivity (Wildman–Crippen MR) is 139 cm³/mol. The number of carbonyl (C=O) groups is 1. The molecule has 0 aliphatic heterocycles. The molecule has 0 amide bonds. The van der Waals surface area contributed by atoms with Gasteiger partial charge in [-0.1, -0.05) is 59.6 Å². The smallest absolute Gasteiger partial charge is 0.340 e. The van der Waals surface area contributed by atoms with Gasteiger partial charge in [0.05, 0.1) is 27.0 Å². The van der Waals surface area contributed by atoms with Crippen molar-refractivity contribution < 1.29 is 22.3 Å². The summed E-state index contributed by atoms with van der Waals surface area (Å²) in [5.41, 5.74) is -0.0932. The molecule has 0 bridgehead atoms. The minimum atomic E-state index is -4.46. The maximum atomic E-state index is 13.9. The van der Waals surface area contributed by atoms with E-state index in [0.717, 1.165) is 12.1 Å². The van der Waals surface area contributed by atoms with Crippen LogP contribution in [0.15, 0.2) is 76.4 Å². The highest BCUT2D eigenvalue weighted by molar-refractivity contribution is 7.92. The first kappa shape index (κ1) is 26.5. The van der Waals surface area contributed by atoms with Crippen molar-refractivity contribution in [2.24, 2.45) is 7.05 Å². The van der Waals surface area contributed by atoms with Crippen molar-refractivity contribution in [1.82, 2.24) is 9.36 Å². The van der Waals surface area contributed by atoms with Gasteiger partial charge in [0.15, 0.2) is 0 Å². The molecular weight excluding hydrogens is 544 g/mol. The lowest BCUT2D eigenvalue weighted by Crippen LogP contribution is -2.23. The van der Waals surface area contributed by atoms with Gasteiger partial charge in [-0.05, 0) is 37.3 Å². The molecule has 8 nitrogen and oxygen atoms in total. The van der Waals surface area contributed by atoms with Crippen LogP contribution >= 0.6 is 23.2 Å². The molecule has 1 aromatic heterocycles. The Kier molecular flexibility index (Phi) is 7.44. The van der Waals surface area contributed by atoms with Crippen LogP contribution in [0.1, 0.15) is 21.6 Å². The van der Waals surface area contributed by atoms with E-state index in [0.29, 0.717) is 11.4 Å². The summed E-state index contributed by atoms with van der Waals surface area (Å²) in [6.45, 7) is 1.18. The van der Waals surface area contributed by atoms with Gasteiger partial charge in [0, 0.05) is 12.6 Å². The maximum Gasteiger partial charge on any atom is 0.340 e. The summed E-state index contributed by atoms with van der Waals surface area (Å²) in [6.07, 6.45) is 0. The van der Waals surface area contributed by atoms with Crippen LogP contribution in [-0.2, 0) is 28.4 Å². The first-order valence-electron chi connectivity index (χ1n) is 10.8. The topological polar surface area (TPSA) is 99.4 Å². The van der Waals surface area contributed by atoms with Gasteiger partial charge in [-0.2, -0.15) is 0 Å². The molecule has 37 heavy (non-hydrogen) atoms. The van der Waals surface area contributed by atoms with E-state index < -0.39 is 38.9 Å². The molecule has 0 atom stereocenters. The van der Waals surface area contributed by atoms with Crippen LogP contribution in [0.5, 0.6) is 0 Å². The van der Waals surface area contributed by atoms with Crippen LogP contribution in [0, 0.1) is 12.7 Å². The lowest BCUT2D eigenvalue weighted by atomic mass is 10.2. The number of anilines is 1. The molecule has 0 spiro atoms. The Bertz CT molecular complexity index is 1670. The van der Waals surface area contributed by atoms with Gasteiger partial charge in [0.25, 0.3) is 15.6 Å². The zero-order chi connectivity index (χ0) is 26.9. The molecule has 1 N–H and O–H groups in total. The summed E-state index contributed by atoms with van der Waals surface area (Å²) >= 11 is 12.3. The Morgan fingerprint density at radius 3 is 2.35 bits per heavy atom. The van der Waals surface area contributed by atoms with E-state index in [2.05, 4.69) is 4.72 Å². The van der Waals surface area contributed by atoms with Crippen molar-refractivity contribution in [3.05, 3.63) is 110 Å². The van der Waals surface area contributed by atoms with Crippen LogP contribution < -0.4 is 10.3 Å². The van der Waals surface area contributed by atoms with Gasteiger partial charge in [-0.15, -0.1) is 0 Å². The molecule has 0 saturated carbocycles. The van der Waals surface area contributed by atoms with Crippen molar-refractivity contribution in [3.8, 4) is 5.69 Å². The number of nitrogens with zero attached hydrogens (tertiary/aromatic N) is 2. The van der Waals surface area contributed by atoms with Crippen molar-refractivity contribution in [3.63, 3.8) is 0 Å². The molecule has 192 valence electrons. The molecule has 4 aromatic rings. The van der Waals surface area contributed by atoms with Gasteiger partial charge in [-0.3, -0.25) is 14.2 Å². The molecule has 3 aromatic carbocycles. The van der Waals surface area contributed by atoms with E-state index in [1.54, 1.807) is 50.4 Å². The zero-order valence-electron chi connectivity index (χ0n) is 19.5. The summed E-state index contributed by atoms with van der Waals surface area (Å²) < 4.78 is 50.7. The molecule has 4 rings (SSSR count). The first-order valence-corrected chi connectivity index (χ1v) is 13.0. The number of para-hydroxylation sites is 1. The Labute approximate surface area is 221 Å². The molecule has 0 unspecified atom stereocenters. The highest BCUT2D eigenvalue weighted by atomic mass is 35.5. The highest BCUT2D eigenvalue weighted by Gasteiger charge is 2.27. The zero-order valence-corrected chi connectivity index (χ0v) is 21.9. The number of hydrogen-bond acceptors (Lipinski definition) is 5. The minimum absolute atomic E-state index is 0.129. The fraction of sp³-hybridized carbons (Fsp3) is 0.120. The number of sulfonamides is 1. The van der Waals surface area contributed by atoms with E-state index in [1.807, 2.05) is 0 Å². The number of aromatic nitrogens is 2. The predicted octanol–water partition coefficient (Wildman–Crippen LogP) is 5.09. The van der Waals surface area contributed by atoms with Crippen molar-refractivity contribution >= 4 is 44.9 Å². The van der Waals surface area contributed by atoms with E-state index in [9.17, 15) is 22.4 Å². The Balaban J connectivity index is 1.67. The second-order valence-corrected chi connectivity index (χ2v) is 10.4. The van der Waals surface area contributed by atoms with Crippen molar-refractivity contribution in [1.29, 1.82) is 0 Å². The average molecular weight is 564 g/mol. The third-order valence-corrected chi connectivity index (χ3v) is 7.77. The quantitative estimate of drug-likeness (QED) is 0.316. The summed E-state index contributed by atoms with van der Waals surface area (Å²) in [5.74, 6) is -1.55. The van der Waals surface area contributed by atoms with Crippen molar-refractivity contribution in [2.75, 3.05) is 4.72 Å². The lowest BCUT2D eigenvalue weighted by molar-refractivity contribution is 0.0469. The van der Waals surface area contributed by atoms with Crippen LogP contribution in [0.25, 0.3) is 5.69 Å². The normalized spacial score (nSPS) is 11.4. The van der Waals surface area contributed by atoms with Gasteiger partial charge in [0.1, 0.15) is 23.0 Å². The molecule has 0 saturated heterocycles. The number of nitrogens with one attached hydrogen (secondary N) is 1. The monoisotopic (exact) mass is 563 g/mol. The standard InChI is InChI=1S/C25H20Cl2FN3O5S/c1-15-23(24(32)31(30(15)2)17-9-4-3-5-10-17)29-37(34,35)22-12-18(19(26)13-20(22)27)25(33)36-14-16-8-6-7-11-21(16)28/h3-13,29H,14H2,1-2H3. The summed E-state index contributed by atoms with van der Waals surface area (Å²) in [4.78, 5) is 25.3.